The Morgan fingerprint density at radius 3 is 2.68 bits per heavy atom. The lowest BCUT2D eigenvalue weighted by Crippen LogP contribution is -2.18. The number of ether oxygens (including phenoxy) is 3. The maximum Gasteiger partial charge on any atom is 0.280 e. The molecular weight excluding hydrogens is 322 g/mol. The first-order valence-electron chi connectivity index (χ1n) is 8.40. The van der Waals surface area contributed by atoms with Gasteiger partial charge in [-0.25, -0.2) is 0 Å². The molecule has 0 bridgehead atoms. The number of methoxy groups -OCH3 is 1. The van der Waals surface area contributed by atoms with E-state index in [1.54, 1.807) is 19.2 Å². The number of carbonyl (C=O) groups is 1. The molecule has 1 aromatic heterocycles. The Labute approximate surface area is 146 Å². The number of hydrogen-bond acceptors (Lipinski definition) is 6. The molecule has 1 aliphatic heterocycles. The smallest absolute Gasteiger partial charge is 0.280 e. The standard InChI is InChI=1S/C18H23N3O4/c1-23-11-12-25-16-15(13-7-9-24-10-8-13)20-21(17(16)19)18(22)14-5-3-2-4-6-14/h2-6,13H,7-12,19H2,1H3. The summed E-state index contributed by atoms with van der Waals surface area (Å²) in [7, 11) is 1.61. The molecule has 0 spiro atoms. The Morgan fingerprint density at radius 2 is 2.00 bits per heavy atom. The second-order valence-corrected chi connectivity index (χ2v) is 5.91. The van der Waals surface area contributed by atoms with Crippen LogP contribution in [0.25, 0.3) is 0 Å². The van der Waals surface area contributed by atoms with Crippen LogP contribution in [0.3, 0.4) is 0 Å². The average Bonchev–Trinajstić information content (AvgIpc) is 2.99. The molecular formula is C18H23N3O4. The van der Waals surface area contributed by atoms with Crippen LogP contribution in [0.2, 0.25) is 0 Å². The number of nitrogens with two attached hydrogens (primary N) is 1. The third-order valence-corrected chi connectivity index (χ3v) is 4.26. The number of aromatic nitrogens is 2. The fourth-order valence-electron chi connectivity index (χ4n) is 2.91. The Morgan fingerprint density at radius 1 is 1.28 bits per heavy atom. The van der Waals surface area contributed by atoms with Gasteiger partial charge in [0.1, 0.15) is 12.3 Å². The lowest BCUT2D eigenvalue weighted by atomic mass is 9.96. The molecule has 0 radical (unpaired) electrons. The van der Waals surface area contributed by atoms with Gasteiger partial charge in [-0.05, 0) is 25.0 Å². The quantitative estimate of drug-likeness (QED) is 0.806. The molecule has 3 rings (SSSR count). The SMILES string of the molecule is COCCOc1c(C2CCOCC2)nn(C(=O)c2ccccc2)c1N. The predicted molar refractivity (Wildman–Crippen MR) is 93.0 cm³/mol. The number of rotatable bonds is 6. The molecule has 1 aliphatic rings. The highest BCUT2D eigenvalue weighted by molar-refractivity contribution is 5.97. The third kappa shape index (κ3) is 3.83. The van der Waals surface area contributed by atoms with Gasteiger partial charge in [0.15, 0.2) is 11.6 Å². The van der Waals surface area contributed by atoms with Gasteiger partial charge in [-0.2, -0.15) is 9.78 Å². The molecule has 2 heterocycles. The zero-order chi connectivity index (χ0) is 17.6. The maximum absolute atomic E-state index is 12.8. The van der Waals surface area contributed by atoms with Gasteiger partial charge in [-0.15, -0.1) is 0 Å². The number of benzene rings is 1. The minimum absolute atomic E-state index is 0.165. The molecule has 0 saturated carbocycles. The van der Waals surface area contributed by atoms with E-state index >= 15 is 0 Å². The largest absolute Gasteiger partial charge is 0.485 e. The van der Waals surface area contributed by atoms with Crippen molar-refractivity contribution >= 4 is 11.7 Å². The lowest BCUT2D eigenvalue weighted by molar-refractivity contribution is 0.0830. The fourth-order valence-corrected chi connectivity index (χ4v) is 2.91. The monoisotopic (exact) mass is 345 g/mol. The van der Waals surface area contributed by atoms with Crippen molar-refractivity contribution in [2.75, 3.05) is 39.3 Å². The zero-order valence-electron chi connectivity index (χ0n) is 14.3. The number of carbonyl (C=O) groups excluding carboxylic acids is 1. The van der Waals surface area contributed by atoms with Gasteiger partial charge in [0.05, 0.1) is 6.61 Å². The van der Waals surface area contributed by atoms with Crippen molar-refractivity contribution in [3.63, 3.8) is 0 Å². The Hall–Kier alpha value is -2.38. The van der Waals surface area contributed by atoms with Crippen molar-refractivity contribution in [3.8, 4) is 5.75 Å². The van der Waals surface area contributed by atoms with Crippen LogP contribution in [0.1, 0.15) is 34.8 Å². The number of hydrogen-bond donors (Lipinski definition) is 1. The van der Waals surface area contributed by atoms with E-state index in [1.807, 2.05) is 18.2 Å². The molecule has 0 unspecified atom stereocenters. The summed E-state index contributed by atoms with van der Waals surface area (Å²) in [4.78, 5) is 12.8. The molecule has 7 nitrogen and oxygen atoms in total. The molecule has 134 valence electrons. The van der Waals surface area contributed by atoms with Crippen LogP contribution in [-0.2, 0) is 9.47 Å². The van der Waals surface area contributed by atoms with Crippen LogP contribution < -0.4 is 10.5 Å². The fraction of sp³-hybridized carbons (Fsp3) is 0.444. The van der Waals surface area contributed by atoms with E-state index in [2.05, 4.69) is 5.10 Å². The van der Waals surface area contributed by atoms with Gasteiger partial charge < -0.3 is 19.9 Å². The van der Waals surface area contributed by atoms with Gasteiger partial charge in [0.25, 0.3) is 5.91 Å². The summed E-state index contributed by atoms with van der Waals surface area (Å²) in [5.41, 5.74) is 7.46. The van der Waals surface area contributed by atoms with Crippen molar-refractivity contribution in [1.82, 2.24) is 9.78 Å². The normalized spacial score (nSPS) is 15.2. The van der Waals surface area contributed by atoms with E-state index in [4.69, 9.17) is 19.9 Å². The van der Waals surface area contributed by atoms with E-state index in [1.165, 1.54) is 4.68 Å². The zero-order valence-corrected chi connectivity index (χ0v) is 14.3. The number of nitrogens with zero attached hydrogens (tertiary/aromatic N) is 2. The minimum atomic E-state index is -0.270. The number of anilines is 1. The van der Waals surface area contributed by atoms with Gasteiger partial charge in [-0.1, -0.05) is 18.2 Å². The third-order valence-electron chi connectivity index (χ3n) is 4.26. The summed E-state index contributed by atoms with van der Waals surface area (Å²) in [5, 5.41) is 4.51. The van der Waals surface area contributed by atoms with Crippen molar-refractivity contribution in [1.29, 1.82) is 0 Å². The van der Waals surface area contributed by atoms with E-state index in [9.17, 15) is 4.79 Å². The molecule has 7 heteroatoms. The lowest BCUT2D eigenvalue weighted by Gasteiger charge is -2.21. The molecule has 1 fully saturated rings. The van der Waals surface area contributed by atoms with E-state index in [0.29, 0.717) is 37.7 Å². The van der Waals surface area contributed by atoms with Crippen LogP contribution in [0.4, 0.5) is 5.82 Å². The van der Waals surface area contributed by atoms with E-state index in [-0.39, 0.29) is 17.6 Å². The summed E-state index contributed by atoms with van der Waals surface area (Å²) in [6.07, 6.45) is 1.66. The van der Waals surface area contributed by atoms with Crippen molar-refractivity contribution in [2.24, 2.45) is 0 Å². The molecule has 1 saturated heterocycles. The van der Waals surface area contributed by atoms with Gasteiger partial charge >= 0.3 is 0 Å². The highest BCUT2D eigenvalue weighted by Crippen LogP contribution is 2.37. The van der Waals surface area contributed by atoms with Crippen molar-refractivity contribution in [2.45, 2.75) is 18.8 Å². The second-order valence-electron chi connectivity index (χ2n) is 5.91. The van der Waals surface area contributed by atoms with Gasteiger partial charge in [0, 0.05) is 31.8 Å². The molecule has 0 aliphatic carbocycles. The Bertz CT molecular complexity index is 709. The predicted octanol–water partition coefficient (Wildman–Crippen LogP) is 2.07. The van der Waals surface area contributed by atoms with Crippen molar-refractivity contribution in [3.05, 3.63) is 41.6 Å². The molecule has 2 N–H and O–H groups in total. The van der Waals surface area contributed by atoms with Gasteiger partial charge in [-0.3, -0.25) is 4.79 Å². The summed E-state index contributed by atoms with van der Waals surface area (Å²) in [5.74, 6) is 0.603. The van der Waals surface area contributed by atoms with Crippen LogP contribution >= 0.6 is 0 Å². The Balaban J connectivity index is 1.94. The minimum Gasteiger partial charge on any atom is -0.485 e. The van der Waals surface area contributed by atoms with Crippen molar-refractivity contribution < 1.29 is 19.0 Å². The summed E-state index contributed by atoms with van der Waals surface area (Å²) in [6, 6.07) is 8.95. The first-order chi connectivity index (χ1) is 12.2. The first kappa shape index (κ1) is 17.4. The molecule has 0 amide bonds. The highest BCUT2D eigenvalue weighted by atomic mass is 16.5. The Kier molecular flexibility index (Phi) is 5.67. The topological polar surface area (TPSA) is 88.6 Å². The number of nitrogen functional groups attached to an aromatic ring is 1. The van der Waals surface area contributed by atoms with Crippen LogP contribution in [-0.4, -0.2) is 49.2 Å². The maximum atomic E-state index is 12.8. The molecule has 25 heavy (non-hydrogen) atoms. The van der Waals surface area contributed by atoms with Crippen LogP contribution in [0.15, 0.2) is 30.3 Å². The highest BCUT2D eigenvalue weighted by Gasteiger charge is 2.28. The summed E-state index contributed by atoms with van der Waals surface area (Å²) >= 11 is 0. The van der Waals surface area contributed by atoms with Crippen LogP contribution in [0, 0.1) is 0 Å². The second kappa shape index (κ2) is 8.13. The molecule has 2 aromatic rings. The van der Waals surface area contributed by atoms with Crippen LogP contribution in [0.5, 0.6) is 5.75 Å². The van der Waals surface area contributed by atoms with E-state index in [0.717, 1.165) is 18.5 Å². The van der Waals surface area contributed by atoms with E-state index < -0.39 is 0 Å². The van der Waals surface area contributed by atoms with Gasteiger partial charge in [0.2, 0.25) is 0 Å². The molecule has 0 atom stereocenters. The first-order valence-corrected chi connectivity index (χ1v) is 8.40. The summed E-state index contributed by atoms with van der Waals surface area (Å²) < 4.78 is 17.5. The molecule has 1 aromatic carbocycles. The summed E-state index contributed by atoms with van der Waals surface area (Å²) in [6.45, 7) is 2.12. The average molecular weight is 345 g/mol.